The van der Waals surface area contributed by atoms with Gasteiger partial charge in [0.25, 0.3) is 11.8 Å². The molecule has 5 heteroatoms. The maximum absolute atomic E-state index is 12.4. The van der Waals surface area contributed by atoms with E-state index in [1.165, 1.54) is 0 Å². The standard InChI is InChI=1S/C18H13N3O2/c1-11-7-8-15-13(9-11)16(18(23)21-15)14(10-19)17(22)20-12-5-3-2-4-6-12/h2-9H,1H3,(H,20,22)(H,21,23)/b16-14-. The molecular formula is C18H13N3O2. The van der Waals surface area contributed by atoms with E-state index in [1.54, 1.807) is 36.4 Å². The average Bonchev–Trinajstić information content (AvgIpc) is 2.85. The predicted molar refractivity (Wildman–Crippen MR) is 87.4 cm³/mol. The number of para-hydroxylation sites is 1. The van der Waals surface area contributed by atoms with E-state index < -0.39 is 11.8 Å². The van der Waals surface area contributed by atoms with Gasteiger partial charge in [0, 0.05) is 16.9 Å². The number of nitrogens with one attached hydrogen (secondary N) is 2. The molecule has 112 valence electrons. The van der Waals surface area contributed by atoms with Crippen LogP contribution in [0.25, 0.3) is 5.57 Å². The summed E-state index contributed by atoms with van der Waals surface area (Å²) in [5.74, 6) is -1.04. The molecule has 2 aromatic carbocycles. The van der Waals surface area contributed by atoms with Gasteiger partial charge in [-0.15, -0.1) is 0 Å². The van der Waals surface area contributed by atoms with Crippen LogP contribution in [0.15, 0.2) is 54.1 Å². The molecule has 2 amide bonds. The number of benzene rings is 2. The molecule has 3 rings (SSSR count). The van der Waals surface area contributed by atoms with Gasteiger partial charge in [0.15, 0.2) is 0 Å². The van der Waals surface area contributed by atoms with E-state index in [2.05, 4.69) is 10.6 Å². The Labute approximate surface area is 133 Å². The van der Waals surface area contributed by atoms with Crippen LogP contribution in [0.4, 0.5) is 11.4 Å². The molecule has 0 atom stereocenters. The van der Waals surface area contributed by atoms with Crippen molar-refractivity contribution >= 4 is 28.8 Å². The molecule has 1 heterocycles. The van der Waals surface area contributed by atoms with Crippen molar-refractivity contribution in [1.29, 1.82) is 5.26 Å². The summed E-state index contributed by atoms with van der Waals surface area (Å²) in [6, 6.07) is 16.1. The second kappa shape index (κ2) is 5.78. The largest absolute Gasteiger partial charge is 0.321 e. The maximum Gasteiger partial charge on any atom is 0.267 e. The molecule has 0 radical (unpaired) electrons. The highest BCUT2D eigenvalue weighted by atomic mass is 16.2. The molecule has 5 nitrogen and oxygen atoms in total. The van der Waals surface area contributed by atoms with Gasteiger partial charge in [0.1, 0.15) is 11.6 Å². The fourth-order valence-corrected chi connectivity index (χ4v) is 2.46. The third-order valence-electron chi connectivity index (χ3n) is 3.54. The number of hydrogen-bond acceptors (Lipinski definition) is 3. The Hall–Kier alpha value is -3.39. The lowest BCUT2D eigenvalue weighted by atomic mass is 9.99. The van der Waals surface area contributed by atoms with Crippen molar-refractivity contribution in [3.8, 4) is 6.07 Å². The molecule has 0 fully saturated rings. The monoisotopic (exact) mass is 303 g/mol. The van der Waals surface area contributed by atoms with E-state index in [0.717, 1.165) is 5.56 Å². The molecule has 2 N–H and O–H groups in total. The highest BCUT2D eigenvalue weighted by molar-refractivity contribution is 6.37. The molecule has 1 aliphatic heterocycles. The van der Waals surface area contributed by atoms with Crippen molar-refractivity contribution in [3.05, 3.63) is 65.2 Å². The summed E-state index contributed by atoms with van der Waals surface area (Å²) in [6.07, 6.45) is 0. The Kier molecular flexibility index (Phi) is 3.65. The zero-order valence-corrected chi connectivity index (χ0v) is 12.4. The molecular weight excluding hydrogens is 290 g/mol. The molecule has 2 aromatic rings. The van der Waals surface area contributed by atoms with Gasteiger partial charge < -0.3 is 10.6 Å². The number of fused-ring (bicyclic) bond motifs is 1. The summed E-state index contributed by atoms with van der Waals surface area (Å²) in [5, 5.41) is 14.7. The fourth-order valence-electron chi connectivity index (χ4n) is 2.46. The number of amides is 2. The summed E-state index contributed by atoms with van der Waals surface area (Å²) in [6.45, 7) is 1.89. The van der Waals surface area contributed by atoms with Gasteiger partial charge in [-0.3, -0.25) is 9.59 Å². The molecule has 0 unspecified atom stereocenters. The van der Waals surface area contributed by atoms with E-state index in [0.29, 0.717) is 16.9 Å². The Bertz CT molecular complexity index is 877. The third-order valence-corrected chi connectivity index (χ3v) is 3.54. The quantitative estimate of drug-likeness (QED) is 0.661. The molecule has 0 aromatic heterocycles. The molecule has 0 saturated carbocycles. The van der Waals surface area contributed by atoms with E-state index in [4.69, 9.17) is 0 Å². The van der Waals surface area contributed by atoms with Gasteiger partial charge in [0.2, 0.25) is 0 Å². The van der Waals surface area contributed by atoms with Crippen molar-refractivity contribution in [2.24, 2.45) is 0 Å². The summed E-state index contributed by atoms with van der Waals surface area (Å²) in [4.78, 5) is 24.6. The Morgan fingerprint density at radius 1 is 1.17 bits per heavy atom. The third kappa shape index (κ3) is 2.70. The summed E-state index contributed by atoms with van der Waals surface area (Å²) >= 11 is 0. The molecule has 0 saturated heterocycles. The van der Waals surface area contributed by atoms with Crippen LogP contribution in [0, 0.1) is 18.3 Å². The van der Waals surface area contributed by atoms with E-state index >= 15 is 0 Å². The number of anilines is 2. The molecule has 23 heavy (non-hydrogen) atoms. The van der Waals surface area contributed by atoms with E-state index in [-0.39, 0.29) is 11.1 Å². The maximum atomic E-state index is 12.4. The van der Waals surface area contributed by atoms with Gasteiger partial charge in [-0.2, -0.15) is 5.26 Å². The van der Waals surface area contributed by atoms with E-state index in [1.807, 2.05) is 25.1 Å². The van der Waals surface area contributed by atoms with Crippen LogP contribution in [0.1, 0.15) is 11.1 Å². The zero-order valence-electron chi connectivity index (χ0n) is 12.4. The van der Waals surface area contributed by atoms with Crippen molar-refractivity contribution in [2.45, 2.75) is 6.92 Å². The lowest BCUT2D eigenvalue weighted by molar-refractivity contribution is -0.113. The molecule has 0 bridgehead atoms. The number of carbonyl (C=O) groups is 2. The van der Waals surface area contributed by atoms with Crippen molar-refractivity contribution in [3.63, 3.8) is 0 Å². The lowest BCUT2D eigenvalue weighted by Gasteiger charge is -2.06. The van der Waals surface area contributed by atoms with Crippen LogP contribution in [0.2, 0.25) is 0 Å². The van der Waals surface area contributed by atoms with Crippen molar-refractivity contribution in [2.75, 3.05) is 10.6 Å². The first kappa shape index (κ1) is 14.5. The van der Waals surface area contributed by atoms with Crippen LogP contribution in [-0.2, 0) is 9.59 Å². The SMILES string of the molecule is Cc1ccc2c(c1)/C(=C(\C#N)C(=O)Nc1ccccc1)C(=O)N2. The Morgan fingerprint density at radius 2 is 1.91 bits per heavy atom. The van der Waals surface area contributed by atoms with Crippen molar-refractivity contribution in [1.82, 2.24) is 0 Å². The topological polar surface area (TPSA) is 82.0 Å². The molecule has 1 aliphatic rings. The minimum Gasteiger partial charge on any atom is -0.321 e. The zero-order chi connectivity index (χ0) is 16.4. The number of carbonyl (C=O) groups excluding carboxylic acids is 2. The van der Waals surface area contributed by atoms with Gasteiger partial charge in [0.05, 0.1) is 5.57 Å². The predicted octanol–water partition coefficient (Wildman–Crippen LogP) is 2.86. The van der Waals surface area contributed by atoms with Crippen LogP contribution < -0.4 is 10.6 Å². The number of nitrogens with zero attached hydrogens (tertiary/aromatic N) is 1. The van der Waals surface area contributed by atoms with Crippen molar-refractivity contribution < 1.29 is 9.59 Å². The molecule has 0 aliphatic carbocycles. The van der Waals surface area contributed by atoms with Crippen LogP contribution in [-0.4, -0.2) is 11.8 Å². The van der Waals surface area contributed by atoms with Crippen LogP contribution in [0.3, 0.4) is 0 Å². The summed E-state index contributed by atoms with van der Waals surface area (Å²) in [7, 11) is 0. The highest BCUT2D eigenvalue weighted by Gasteiger charge is 2.30. The summed E-state index contributed by atoms with van der Waals surface area (Å²) in [5.41, 5.74) is 2.60. The number of hydrogen-bond donors (Lipinski definition) is 2. The summed E-state index contributed by atoms with van der Waals surface area (Å²) < 4.78 is 0. The Morgan fingerprint density at radius 3 is 2.61 bits per heavy atom. The second-order valence-corrected chi connectivity index (χ2v) is 5.19. The van der Waals surface area contributed by atoms with E-state index in [9.17, 15) is 14.9 Å². The average molecular weight is 303 g/mol. The normalized spacial score (nSPS) is 14.5. The lowest BCUT2D eigenvalue weighted by Crippen LogP contribution is -2.17. The first-order valence-electron chi connectivity index (χ1n) is 7.03. The number of rotatable bonds is 2. The smallest absolute Gasteiger partial charge is 0.267 e. The first-order valence-corrected chi connectivity index (χ1v) is 7.03. The van der Waals surface area contributed by atoms with Gasteiger partial charge in [-0.1, -0.05) is 29.8 Å². The van der Waals surface area contributed by atoms with Gasteiger partial charge >= 0.3 is 0 Å². The number of nitriles is 1. The highest BCUT2D eigenvalue weighted by Crippen LogP contribution is 2.34. The van der Waals surface area contributed by atoms with Gasteiger partial charge in [-0.05, 0) is 31.2 Å². The second-order valence-electron chi connectivity index (χ2n) is 5.19. The molecule has 0 spiro atoms. The van der Waals surface area contributed by atoms with Crippen LogP contribution in [0.5, 0.6) is 0 Å². The first-order chi connectivity index (χ1) is 11.1. The Balaban J connectivity index is 2.05. The van der Waals surface area contributed by atoms with Crippen LogP contribution >= 0.6 is 0 Å². The minimum atomic E-state index is -0.599. The fraction of sp³-hybridized carbons (Fsp3) is 0.0556. The van der Waals surface area contributed by atoms with Gasteiger partial charge in [-0.25, -0.2) is 0 Å². The minimum absolute atomic E-state index is 0.111. The number of aryl methyl sites for hydroxylation is 1.